The van der Waals surface area contributed by atoms with Crippen molar-refractivity contribution in [3.8, 4) is 11.4 Å². The maximum atomic E-state index is 12.2. The molecule has 0 saturated carbocycles. The Morgan fingerprint density at radius 3 is 3.00 bits per heavy atom. The number of nitrogens with one attached hydrogen (secondary N) is 1. The molecular formula is C14H16N4O2S. The summed E-state index contributed by atoms with van der Waals surface area (Å²) < 4.78 is 4.25. The number of benzene rings is 1. The van der Waals surface area contributed by atoms with Crippen LogP contribution in [0.5, 0.6) is 0 Å². The highest BCUT2D eigenvalue weighted by molar-refractivity contribution is 7.10. The van der Waals surface area contributed by atoms with Crippen molar-refractivity contribution in [1.82, 2.24) is 14.3 Å². The molecule has 1 aromatic heterocycles. The van der Waals surface area contributed by atoms with Gasteiger partial charge in [0.1, 0.15) is 0 Å². The lowest BCUT2D eigenvalue weighted by Gasteiger charge is -2.22. The summed E-state index contributed by atoms with van der Waals surface area (Å²) in [5.41, 5.74) is 0.920. The van der Waals surface area contributed by atoms with Gasteiger partial charge >= 0.3 is 6.03 Å². The van der Waals surface area contributed by atoms with E-state index in [2.05, 4.69) is 14.7 Å². The van der Waals surface area contributed by atoms with Crippen LogP contribution >= 0.6 is 11.5 Å². The summed E-state index contributed by atoms with van der Waals surface area (Å²) in [6, 6.07) is 9.32. The van der Waals surface area contributed by atoms with Gasteiger partial charge in [-0.3, -0.25) is 5.32 Å². The number of rotatable bonds is 3. The van der Waals surface area contributed by atoms with Crippen molar-refractivity contribution in [2.75, 3.05) is 18.5 Å². The number of anilines is 1. The summed E-state index contributed by atoms with van der Waals surface area (Å²) in [6.07, 6.45) is 1.76. The molecule has 1 atom stereocenters. The van der Waals surface area contributed by atoms with Crippen LogP contribution in [0, 0.1) is 0 Å². The van der Waals surface area contributed by atoms with Gasteiger partial charge < -0.3 is 10.0 Å². The van der Waals surface area contributed by atoms with Crippen molar-refractivity contribution < 1.29 is 9.90 Å². The first kappa shape index (κ1) is 14.0. The van der Waals surface area contributed by atoms with Crippen LogP contribution < -0.4 is 5.32 Å². The van der Waals surface area contributed by atoms with Gasteiger partial charge in [-0.2, -0.15) is 9.36 Å². The molecule has 6 nitrogen and oxygen atoms in total. The van der Waals surface area contributed by atoms with Crippen LogP contribution in [0.2, 0.25) is 0 Å². The van der Waals surface area contributed by atoms with Crippen molar-refractivity contribution in [3.63, 3.8) is 0 Å². The zero-order chi connectivity index (χ0) is 14.7. The highest BCUT2D eigenvalue weighted by Crippen LogP contribution is 2.22. The molecule has 0 spiro atoms. The fourth-order valence-corrected chi connectivity index (χ4v) is 3.01. The Bertz CT molecular complexity index is 616. The maximum absolute atomic E-state index is 12.2. The van der Waals surface area contributed by atoms with Crippen molar-refractivity contribution in [1.29, 1.82) is 0 Å². The summed E-state index contributed by atoms with van der Waals surface area (Å²) in [5.74, 6) is 0.607. The largest absolute Gasteiger partial charge is 0.394 e. The van der Waals surface area contributed by atoms with Gasteiger partial charge in [0.2, 0.25) is 5.13 Å². The average molecular weight is 304 g/mol. The molecule has 7 heteroatoms. The first-order valence-corrected chi connectivity index (χ1v) is 7.63. The number of amides is 2. The molecule has 0 aliphatic carbocycles. The molecule has 2 N–H and O–H groups in total. The van der Waals surface area contributed by atoms with Crippen LogP contribution in [0.3, 0.4) is 0 Å². The maximum Gasteiger partial charge on any atom is 0.324 e. The highest BCUT2D eigenvalue weighted by Gasteiger charge is 2.28. The van der Waals surface area contributed by atoms with E-state index < -0.39 is 0 Å². The van der Waals surface area contributed by atoms with Gasteiger partial charge in [-0.15, -0.1) is 0 Å². The molecule has 2 aromatic rings. The Morgan fingerprint density at radius 2 is 2.24 bits per heavy atom. The number of hydrogen-bond donors (Lipinski definition) is 2. The Hall–Kier alpha value is -1.99. The molecule has 0 radical (unpaired) electrons. The topological polar surface area (TPSA) is 78.4 Å². The highest BCUT2D eigenvalue weighted by atomic mass is 32.1. The molecule has 1 saturated heterocycles. The third-order valence-corrected chi connectivity index (χ3v) is 4.15. The number of aliphatic hydroxyl groups excluding tert-OH is 1. The van der Waals surface area contributed by atoms with E-state index in [4.69, 9.17) is 0 Å². The van der Waals surface area contributed by atoms with Crippen molar-refractivity contribution >= 4 is 22.7 Å². The van der Waals surface area contributed by atoms with Gasteiger partial charge in [-0.25, -0.2) is 4.79 Å². The zero-order valence-corrected chi connectivity index (χ0v) is 12.2. The van der Waals surface area contributed by atoms with Crippen molar-refractivity contribution in [2.24, 2.45) is 0 Å². The number of likely N-dealkylation sites (tertiary alicyclic amines) is 1. The van der Waals surface area contributed by atoms with Gasteiger partial charge in [-0.1, -0.05) is 30.3 Å². The lowest BCUT2D eigenvalue weighted by Crippen LogP contribution is -2.40. The van der Waals surface area contributed by atoms with E-state index in [9.17, 15) is 9.90 Å². The van der Waals surface area contributed by atoms with Crippen molar-refractivity contribution in [3.05, 3.63) is 30.3 Å². The van der Waals surface area contributed by atoms with E-state index in [1.165, 1.54) is 0 Å². The first-order chi connectivity index (χ1) is 10.3. The van der Waals surface area contributed by atoms with Crippen LogP contribution in [-0.4, -0.2) is 44.6 Å². The van der Waals surface area contributed by atoms with Crippen LogP contribution in [0.15, 0.2) is 30.3 Å². The summed E-state index contributed by atoms with van der Waals surface area (Å²) in [6.45, 7) is 0.667. The number of aliphatic hydroxyl groups is 1. The molecule has 1 fully saturated rings. The Balaban J connectivity index is 1.69. The first-order valence-electron chi connectivity index (χ1n) is 6.85. The average Bonchev–Trinajstić information content (AvgIpc) is 3.16. The van der Waals surface area contributed by atoms with E-state index in [1.54, 1.807) is 4.90 Å². The molecule has 1 unspecified atom stereocenters. The lowest BCUT2D eigenvalue weighted by atomic mass is 10.2. The monoisotopic (exact) mass is 304 g/mol. The Labute approximate surface area is 126 Å². The third kappa shape index (κ3) is 3.03. The van der Waals surface area contributed by atoms with Gasteiger partial charge in [0.05, 0.1) is 12.6 Å². The number of carbonyl (C=O) groups is 1. The third-order valence-electron chi connectivity index (χ3n) is 3.52. The van der Waals surface area contributed by atoms with Gasteiger partial charge in [0.25, 0.3) is 0 Å². The quantitative estimate of drug-likeness (QED) is 0.911. The molecule has 3 rings (SSSR count). The fourth-order valence-electron chi connectivity index (χ4n) is 2.43. The lowest BCUT2D eigenvalue weighted by molar-refractivity contribution is 0.166. The van der Waals surface area contributed by atoms with E-state index >= 15 is 0 Å². The summed E-state index contributed by atoms with van der Waals surface area (Å²) in [4.78, 5) is 18.2. The van der Waals surface area contributed by atoms with E-state index in [0.717, 1.165) is 29.9 Å². The second-order valence-corrected chi connectivity index (χ2v) is 5.64. The number of hydrogen-bond acceptors (Lipinski definition) is 5. The summed E-state index contributed by atoms with van der Waals surface area (Å²) >= 11 is 1.16. The minimum atomic E-state index is -0.220. The fraction of sp³-hybridized carbons (Fsp3) is 0.357. The molecule has 1 aliphatic heterocycles. The SMILES string of the molecule is O=C(Nc1nc(-c2ccccc2)ns1)N1CCCC1CO. The molecule has 2 amide bonds. The Morgan fingerprint density at radius 1 is 1.43 bits per heavy atom. The van der Waals surface area contributed by atoms with Crippen LogP contribution in [0.25, 0.3) is 11.4 Å². The molecule has 2 heterocycles. The molecule has 1 aromatic carbocycles. The summed E-state index contributed by atoms with van der Waals surface area (Å²) in [5, 5.41) is 12.5. The standard InChI is InChI=1S/C14H16N4O2S/c19-9-11-7-4-8-18(11)14(20)16-13-15-12(17-21-13)10-5-2-1-3-6-10/h1-3,5-6,11,19H,4,7-9H2,(H,15,16,17,20). The zero-order valence-electron chi connectivity index (χ0n) is 11.4. The molecule has 1 aliphatic rings. The van der Waals surface area contributed by atoms with E-state index in [1.807, 2.05) is 30.3 Å². The minimum absolute atomic E-state index is 0.00119. The molecule has 0 bridgehead atoms. The van der Waals surface area contributed by atoms with Crippen LogP contribution in [-0.2, 0) is 0 Å². The number of nitrogens with zero attached hydrogens (tertiary/aromatic N) is 3. The van der Waals surface area contributed by atoms with Gasteiger partial charge in [-0.05, 0) is 12.8 Å². The second-order valence-electron chi connectivity index (χ2n) is 4.89. The second kappa shape index (κ2) is 6.19. The predicted molar refractivity (Wildman–Crippen MR) is 81.2 cm³/mol. The number of carbonyl (C=O) groups excluding carboxylic acids is 1. The molecule has 110 valence electrons. The number of urea groups is 1. The van der Waals surface area contributed by atoms with Crippen molar-refractivity contribution in [2.45, 2.75) is 18.9 Å². The Kier molecular flexibility index (Phi) is 4.12. The molecular weight excluding hydrogens is 288 g/mol. The summed E-state index contributed by atoms with van der Waals surface area (Å²) in [7, 11) is 0. The smallest absolute Gasteiger partial charge is 0.324 e. The van der Waals surface area contributed by atoms with Gasteiger partial charge in [0.15, 0.2) is 5.82 Å². The normalized spacial score (nSPS) is 18.0. The van der Waals surface area contributed by atoms with Crippen LogP contribution in [0.1, 0.15) is 12.8 Å². The molecule has 21 heavy (non-hydrogen) atoms. The van der Waals surface area contributed by atoms with Gasteiger partial charge in [0, 0.05) is 23.6 Å². The van der Waals surface area contributed by atoms with Crippen LogP contribution in [0.4, 0.5) is 9.93 Å². The minimum Gasteiger partial charge on any atom is -0.394 e. The predicted octanol–water partition coefficient (Wildman–Crippen LogP) is 2.19. The number of aromatic nitrogens is 2. The van der Waals surface area contributed by atoms with E-state index in [0.29, 0.717) is 17.5 Å². The van der Waals surface area contributed by atoms with E-state index in [-0.39, 0.29) is 18.7 Å².